The van der Waals surface area contributed by atoms with Crippen LogP contribution in [0.2, 0.25) is 0 Å². The number of carbonyl (C=O) groups excluding carboxylic acids is 1. The van der Waals surface area contributed by atoms with Crippen LogP contribution in [-0.4, -0.2) is 38.1 Å². The third kappa shape index (κ3) is 3.10. The van der Waals surface area contributed by atoms with E-state index in [0.29, 0.717) is 5.92 Å². The van der Waals surface area contributed by atoms with Crippen molar-refractivity contribution in [1.29, 1.82) is 0 Å². The highest BCUT2D eigenvalue weighted by Crippen LogP contribution is 2.30. The Morgan fingerprint density at radius 1 is 1.43 bits per heavy atom. The zero-order chi connectivity index (χ0) is 16.4. The number of hydrogen-bond donors (Lipinski definition) is 3. The van der Waals surface area contributed by atoms with Gasteiger partial charge in [0.1, 0.15) is 18.4 Å². The van der Waals surface area contributed by atoms with Crippen LogP contribution in [0.1, 0.15) is 41.7 Å². The number of carboxylic acid groups (broad SMARTS) is 1. The predicted octanol–water partition coefficient (Wildman–Crippen LogP) is 0.570. The molecule has 8 heteroatoms. The number of nitrogens with one attached hydrogen (secondary N) is 2. The molecule has 0 radical (unpaired) electrons. The highest BCUT2D eigenvalue weighted by Gasteiger charge is 2.21. The summed E-state index contributed by atoms with van der Waals surface area (Å²) in [7, 11) is 0. The van der Waals surface area contributed by atoms with Crippen molar-refractivity contribution < 1.29 is 14.7 Å². The lowest BCUT2D eigenvalue weighted by molar-refractivity contribution is -0.135. The van der Waals surface area contributed by atoms with Gasteiger partial charge in [-0.2, -0.15) is 0 Å². The zero-order valence-electron chi connectivity index (χ0n) is 12.5. The molecular formula is C15H18N4O4. The van der Waals surface area contributed by atoms with E-state index in [-0.39, 0.29) is 11.2 Å². The maximum absolute atomic E-state index is 12.3. The van der Waals surface area contributed by atoms with Gasteiger partial charge < -0.3 is 10.4 Å². The average Bonchev–Trinajstić information content (AvgIpc) is 2.92. The second kappa shape index (κ2) is 6.23. The smallest absolute Gasteiger partial charge is 0.322 e. The summed E-state index contributed by atoms with van der Waals surface area (Å²) in [5.74, 6) is -1.19. The van der Waals surface area contributed by atoms with Gasteiger partial charge in [-0.15, -0.1) is 0 Å². The number of hydrogen-bond acceptors (Lipinski definition) is 4. The van der Waals surface area contributed by atoms with Gasteiger partial charge in [0.2, 0.25) is 0 Å². The number of aromatic nitrogens is 3. The molecule has 3 rings (SSSR count). The van der Waals surface area contributed by atoms with Crippen molar-refractivity contribution >= 4 is 17.5 Å². The molecule has 23 heavy (non-hydrogen) atoms. The Hall–Kier alpha value is -2.64. The third-order valence-corrected chi connectivity index (χ3v) is 4.30. The van der Waals surface area contributed by atoms with E-state index in [4.69, 9.17) is 5.11 Å². The highest BCUT2D eigenvalue weighted by molar-refractivity contribution is 6.00. The van der Waals surface area contributed by atoms with Crippen molar-refractivity contribution in [3.63, 3.8) is 0 Å². The summed E-state index contributed by atoms with van der Waals surface area (Å²) in [5.41, 5.74) is 0.427. The summed E-state index contributed by atoms with van der Waals surface area (Å²) in [6.45, 7) is -0.543. The van der Waals surface area contributed by atoms with Crippen LogP contribution in [0, 0.1) is 5.92 Å². The van der Waals surface area contributed by atoms with Crippen LogP contribution in [0.3, 0.4) is 0 Å². The minimum atomic E-state index is -1.17. The number of aryl methyl sites for hydroxylation is 1. The quantitative estimate of drug-likeness (QED) is 0.720. The van der Waals surface area contributed by atoms with Crippen molar-refractivity contribution in [3.05, 3.63) is 33.9 Å². The number of carbonyl (C=O) groups is 2. The van der Waals surface area contributed by atoms with Crippen molar-refractivity contribution in [1.82, 2.24) is 19.9 Å². The van der Waals surface area contributed by atoms with Gasteiger partial charge in [0.25, 0.3) is 5.91 Å². The molecule has 1 aliphatic rings. The van der Waals surface area contributed by atoms with Gasteiger partial charge in [-0.25, -0.2) is 9.50 Å². The maximum Gasteiger partial charge on any atom is 0.322 e. The normalized spacial score (nSPS) is 14.6. The number of H-pyrrole nitrogens is 1. The van der Waals surface area contributed by atoms with Crippen LogP contribution < -0.4 is 10.7 Å². The summed E-state index contributed by atoms with van der Waals surface area (Å²) in [4.78, 5) is 39.0. The molecule has 2 aromatic rings. The molecule has 0 aliphatic heterocycles. The van der Waals surface area contributed by atoms with Gasteiger partial charge in [0, 0.05) is 11.8 Å². The van der Waals surface area contributed by atoms with E-state index < -0.39 is 23.9 Å². The van der Waals surface area contributed by atoms with Crippen LogP contribution in [-0.2, 0) is 11.2 Å². The lowest BCUT2D eigenvalue weighted by Gasteiger charge is -2.25. The van der Waals surface area contributed by atoms with Crippen LogP contribution in [0.15, 0.2) is 17.2 Å². The number of rotatable bonds is 6. The first-order valence-corrected chi connectivity index (χ1v) is 7.64. The first-order chi connectivity index (χ1) is 11.1. The van der Waals surface area contributed by atoms with Gasteiger partial charge in [-0.05, 0) is 18.8 Å². The van der Waals surface area contributed by atoms with Crippen LogP contribution >= 0.6 is 0 Å². The molecule has 0 saturated heterocycles. The van der Waals surface area contributed by atoms with Crippen molar-refractivity contribution in [2.45, 2.75) is 32.1 Å². The number of aliphatic carboxylic acids is 1. The third-order valence-electron chi connectivity index (χ3n) is 4.30. The van der Waals surface area contributed by atoms with E-state index in [1.165, 1.54) is 31.7 Å². The number of pyridine rings is 1. The van der Waals surface area contributed by atoms with Gasteiger partial charge in [0.05, 0.1) is 0 Å². The Bertz CT molecular complexity index is 803. The van der Waals surface area contributed by atoms with Gasteiger partial charge >= 0.3 is 5.97 Å². The molecule has 0 spiro atoms. The molecule has 0 bridgehead atoms. The van der Waals surface area contributed by atoms with Crippen LogP contribution in [0.4, 0.5) is 0 Å². The molecule has 8 nitrogen and oxygen atoms in total. The maximum atomic E-state index is 12.3. The largest absolute Gasteiger partial charge is 0.480 e. The Kier molecular flexibility index (Phi) is 4.14. The van der Waals surface area contributed by atoms with Gasteiger partial charge in [-0.3, -0.25) is 19.5 Å². The lowest BCUT2D eigenvalue weighted by Crippen LogP contribution is -2.33. The molecule has 122 valence electrons. The molecule has 0 aromatic carbocycles. The molecule has 1 fully saturated rings. The minimum Gasteiger partial charge on any atom is -0.480 e. The van der Waals surface area contributed by atoms with E-state index >= 15 is 0 Å². The van der Waals surface area contributed by atoms with Crippen molar-refractivity contribution in [2.24, 2.45) is 5.92 Å². The second-order valence-corrected chi connectivity index (χ2v) is 5.83. The van der Waals surface area contributed by atoms with E-state index in [1.807, 2.05) is 0 Å². The zero-order valence-corrected chi connectivity index (χ0v) is 12.5. The minimum absolute atomic E-state index is 0.139. The Labute approximate surface area is 131 Å². The molecule has 3 N–H and O–H groups in total. The number of aromatic amines is 1. The summed E-state index contributed by atoms with van der Waals surface area (Å²) >= 11 is 0. The number of nitrogens with zero attached hydrogens (tertiary/aromatic N) is 2. The van der Waals surface area contributed by atoms with Crippen molar-refractivity contribution in [2.75, 3.05) is 6.54 Å². The lowest BCUT2D eigenvalue weighted by atomic mass is 9.82. The van der Waals surface area contributed by atoms with E-state index in [0.717, 1.165) is 18.5 Å². The fourth-order valence-corrected chi connectivity index (χ4v) is 2.84. The Morgan fingerprint density at radius 2 is 2.22 bits per heavy atom. The highest BCUT2D eigenvalue weighted by atomic mass is 16.4. The van der Waals surface area contributed by atoms with Crippen LogP contribution in [0.25, 0.3) is 5.65 Å². The standard InChI is InChI=1S/C15H18N4O4/c20-11-6-10(5-4-9-2-1-3-9)19-14(17-8-18-19)13(11)15(23)16-7-12(21)22/h6,8-9H,1-5,7H2,(H,16,23)(H,17,18)(H,21,22). The molecule has 1 amide bonds. The Morgan fingerprint density at radius 3 is 2.87 bits per heavy atom. The van der Waals surface area contributed by atoms with E-state index in [9.17, 15) is 14.4 Å². The predicted molar refractivity (Wildman–Crippen MR) is 81.4 cm³/mol. The van der Waals surface area contributed by atoms with Gasteiger partial charge in [0.15, 0.2) is 11.1 Å². The second-order valence-electron chi connectivity index (χ2n) is 5.83. The summed E-state index contributed by atoms with van der Waals surface area (Å²) in [5, 5.41) is 13.7. The van der Waals surface area contributed by atoms with Crippen LogP contribution in [0.5, 0.6) is 0 Å². The molecule has 0 unspecified atom stereocenters. The fourth-order valence-electron chi connectivity index (χ4n) is 2.84. The topological polar surface area (TPSA) is 117 Å². The van der Waals surface area contributed by atoms with E-state index in [1.54, 1.807) is 4.52 Å². The number of fused-ring (bicyclic) bond motifs is 1. The molecule has 2 heterocycles. The summed E-state index contributed by atoms with van der Waals surface area (Å²) in [6, 6.07) is 1.43. The molecule has 2 aromatic heterocycles. The SMILES string of the molecule is O=C(O)CNC(=O)c1c(=O)cc(CCC2CCC2)n2[nH]cnc12. The first kappa shape index (κ1) is 15.3. The number of carboxylic acids is 1. The average molecular weight is 318 g/mol. The molecule has 0 atom stereocenters. The molecule has 1 saturated carbocycles. The molecule has 1 aliphatic carbocycles. The summed E-state index contributed by atoms with van der Waals surface area (Å²) < 4.78 is 1.62. The number of amides is 1. The monoisotopic (exact) mass is 318 g/mol. The van der Waals surface area contributed by atoms with E-state index in [2.05, 4.69) is 15.4 Å². The summed E-state index contributed by atoms with van der Waals surface area (Å²) in [6.07, 6.45) is 6.89. The molecular weight excluding hydrogens is 300 g/mol. The fraction of sp³-hybridized carbons (Fsp3) is 0.467. The first-order valence-electron chi connectivity index (χ1n) is 7.64. The van der Waals surface area contributed by atoms with Gasteiger partial charge in [-0.1, -0.05) is 19.3 Å². The Balaban J connectivity index is 1.89. The van der Waals surface area contributed by atoms with Crippen molar-refractivity contribution in [3.8, 4) is 0 Å².